The zero-order chi connectivity index (χ0) is 21.3. The fourth-order valence-electron chi connectivity index (χ4n) is 2.97. The van der Waals surface area contributed by atoms with E-state index in [1.165, 1.54) is 12.1 Å². The Labute approximate surface area is 179 Å². The average molecular weight is 446 g/mol. The Balaban J connectivity index is 1.86. The highest BCUT2D eigenvalue weighted by molar-refractivity contribution is 7.89. The molecule has 1 aromatic carbocycles. The first-order valence-electron chi connectivity index (χ1n) is 9.85. The number of aliphatic imine (C=N–C) groups is 1. The molecule has 0 atom stereocenters. The molecule has 2 rings (SSSR count). The molecule has 1 fully saturated rings. The van der Waals surface area contributed by atoms with Crippen molar-refractivity contribution in [2.45, 2.75) is 31.2 Å². The largest absolute Gasteiger partial charge is 0.379 e. The fourth-order valence-corrected chi connectivity index (χ4v) is 4.30. The van der Waals surface area contributed by atoms with Crippen LogP contribution in [0, 0.1) is 0 Å². The van der Waals surface area contributed by atoms with Gasteiger partial charge in [-0.15, -0.1) is 0 Å². The number of guanidine groups is 1. The summed E-state index contributed by atoms with van der Waals surface area (Å²) in [6.07, 6.45) is 0. The summed E-state index contributed by atoms with van der Waals surface area (Å²) in [5.74, 6) is 0.663. The monoisotopic (exact) mass is 445 g/mol. The molecule has 29 heavy (non-hydrogen) atoms. The first-order valence-corrected chi connectivity index (χ1v) is 11.7. The standard InChI is InChI=1S/C19H32ClN5O3S/c1-4-21-18(23-15-19(2,3)25-10-12-28-13-11-25)22-8-9-24-29(26,27)17-7-5-6-16(20)14-17/h5-7,14,24H,4,8-13,15H2,1-3H3,(H2,21,22,23). The summed E-state index contributed by atoms with van der Waals surface area (Å²) in [4.78, 5) is 7.21. The molecule has 0 bridgehead atoms. The van der Waals surface area contributed by atoms with E-state index in [2.05, 4.69) is 39.1 Å². The van der Waals surface area contributed by atoms with Crippen LogP contribution in [0.2, 0.25) is 5.02 Å². The van der Waals surface area contributed by atoms with Crippen LogP contribution in [-0.4, -0.2) is 77.3 Å². The molecule has 0 amide bonds. The molecule has 0 aliphatic carbocycles. The normalized spacial score (nSPS) is 16.6. The van der Waals surface area contributed by atoms with Crippen molar-refractivity contribution in [3.8, 4) is 0 Å². The zero-order valence-electron chi connectivity index (χ0n) is 17.4. The second kappa shape index (κ2) is 11.1. The van der Waals surface area contributed by atoms with E-state index < -0.39 is 10.0 Å². The molecule has 1 saturated heterocycles. The van der Waals surface area contributed by atoms with Gasteiger partial charge in [0.05, 0.1) is 24.7 Å². The van der Waals surface area contributed by atoms with Crippen LogP contribution in [0.4, 0.5) is 0 Å². The van der Waals surface area contributed by atoms with Crippen molar-refractivity contribution in [3.63, 3.8) is 0 Å². The van der Waals surface area contributed by atoms with E-state index in [4.69, 9.17) is 16.3 Å². The van der Waals surface area contributed by atoms with Gasteiger partial charge in [0.15, 0.2) is 5.96 Å². The Kier molecular flexibility index (Phi) is 9.16. The molecule has 1 aliphatic rings. The summed E-state index contributed by atoms with van der Waals surface area (Å²) in [5.41, 5.74) is -0.0830. The number of halogens is 1. The number of morpholine rings is 1. The maximum atomic E-state index is 12.3. The Bertz CT molecular complexity index is 780. The summed E-state index contributed by atoms with van der Waals surface area (Å²) in [6, 6.07) is 6.19. The molecule has 3 N–H and O–H groups in total. The highest BCUT2D eigenvalue weighted by Gasteiger charge is 2.28. The Hall–Kier alpha value is -1.39. The van der Waals surface area contributed by atoms with Crippen LogP contribution < -0.4 is 15.4 Å². The second-order valence-corrected chi connectivity index (χ2v) is 9.59. The number of sulfonamides is 1. The molecule has 1 aromatic rings. The molecule has 0 aromatic heterocycles. The van der Waals surface area contributed by atoms with Gasteiger partial charge < -0.3 is 15.4 Å². The Morgan fingerprint density at radius 1 is 1.24 bits per heavy atom. The van der Waals surface area contributed by atoms with Gasteiger partial charge in [0.1, 0.15) is 0 Å². The lowest BCUT2D eigenvalue weighted by Gasteiger charge is -2.39. The van der Waals surface area contributed by atoms with Crippen LogP contribution in [0.15, 0.2) is 34.2 Å². The van der Waals surface area contributed by atoms with E-state index in [0.717, 1.165) is 32.8 Å². The van der Waals surface area contributed by atoms with Crippen molar-refractivity contribution in [2.75, 3.05) is 52.5 Å². The molecule has 0 saturated carbocycles. The number of rotatable bonds is 9. The molecule has 8 nitrogen and oxygen atoms in total. The minimum Gasteiger partial charge on any atom is -0.379 e. The maximum absolute atomic E-state index is 12.3. The van der Waals surface area contributed by atoms with E-state index >= 15 is 0 Å². The zero-order valence-corrected chi connectivity index (χ0v) is 18.9. The lowest BCUT2D eigenvalue weighted by molar-refractivity contribution is -0.00683. The third-order valence-corrected chi connectivity index (χ3v) is 6.35. The van der Waals surface area contributed by atoms with Crippen molar-refractivity contribution in [1.29, 1.82) is 0 Å². The van der Waals surface area contributed by atoms with E-state index in [1.807, 2.05) is 6.92 Å². The Morgan fingerprint density at radius 2 is 1.97 bits per heavy atom. The van der Waals surface area contributed by atoms with Gasteiger partial charge in [-0.25, -0.2) is 13.1 Å². The highest BCUT2D eigenvalue weighted by atomic mass is 35.5. The number of benzene rings is 1. The van der Waals surface area contributed by atoms with Crippen LogP contribution in [0.5, 0.6) is 0 Å². The van der Waals surface area contributed by atoms with Crippen molar-refractivity contribution in [2.24, 2.45) is 4.99 Å². The number of nitrogens with zero attached hydrogens (tertiary/aromatic N) is 2. The van der Waals surface area contributed by atoms with Gasteiger partial charge in [-0.1, -0.05) is 17.7 Å². The van der Waals surface area contributed by atoms with Gasteiger partial charge in [-0.3, -0.25) is 9.89 Å². The number of hydrogen-bond donors (Lipinski definition) is 3. The van der Waals surface area contributed by atoms with E-state index in [9.17, 15) is 8.42 Å². The molecule has 1 aliphatic heterocycles. The van der Waals surface area contributed by atoms with E-state index in [-0.39, 0.29) is 17.0 Å². The first-order chi connectivity index (χ1) is 13.7. The molecular weight excluding hydrogens is 414 g/mol. The Morgan fingerprint density at radius 3 is 2.62 bits per heavy atom. The van der Waals surface area contributed by atoms with Crippen LogP contribution in [0.1, 0.15) is 20.8 Å². The molecular formula is C19H32ClN5O3S. The van der Waals surface area contributed by atoms with E-state index in [0.29, 0.717) is 24.1 Å². The van der Waals surface area contributed by atoms with Crippen LogP contribution >= 0.6 is 11.6 Å². The quantitative estimate of drug-likeness (QED) is 0.301. The minimum absolute atomic E-state index is 0.0830. The maximum Gasteiger partial charge on any atom is 0.240 e. The van der Waals surface area contributed by atoms with Crippen molar-refractivity contribution < 1.29 is 13.2 Å². The second-order valence-electron chi connectivity index (χ2n) is 7.39. The molecule has 1 heterocycles. The first kappa shape index (κ1) is 23.9. The van der Waals surface area contributed by atoms with E-state index in [1.54, 1.807) is 12.1 Å². The summed E-state index contributed by atoms with van der Waals surface area (Å²) < 4.78 is 32.7. The predicted molar refractivity (Wildman–Crippen MR) is 117 cm³/mol. The summed E-state index contributed by atoms with van der Waals surface area (Å²) >= 11 is 5.88. The van der Waals surface area contributed by atoms with Crippen LogP contribution in [0.25, 0.3) is 0 Å². The predicted octanol–water partition coefficient (Wildman–Crippen LogP) is 1.28. The lowest BCUT2D eigenvalue weighted by Crippen LogP contribution is -2.52. The smallest absolute Gasteiger partial charge is 0.240 e. The molecule has 10 heteroatoms. The molecule has 0 spiro atoms. The SMILES string of the molecule is CCNC(=NCC(C)(C)N1CCOCC1)NCCNS(=O)(=O)c1cccc(Cl)c1. The lowest BCUT2D eigenvalue weighted by atomic mass is 10.0. The fraction of sp³-hybridized carbons (Fsp3) is 0.632. The van der Waals surface area contributed by atoms with Crippen molar-refractivity contribution in [3.05, 3.63) is 29.3 Å². The van der Waals surface area contributed by atoms with Gasteiger partial charge in [-0.2, -0.15) is 0 Å². The number of ether oxygens (including phenoxy) is 1. The minimum atomic E-state index is -3.60. The van der Waals surface area contributed by atoms with Crippen molar-refractivity contribution >= 4 is 27.6 Å². The van der Waals surface area contributed by atoms with Gasteiger partial charge in [-0.05, 0) is 39.0 Å². The molecule has 0 unspecified atom stereocenters. The van der Waals surface area contributed by atoms with Crippen LogP contribution in [-0.2, 0) is 14.8 Å². The van der Waals surface area contributed by atoms with Gasteiger partial charge in [0, 0.05) is 43.3 Å². The van der Waals surface area contributed by atoms with Gasteiger partial charge >= 0.3 is 0 Å². The number of nitrogens with one attached hydrogen (secondary N) is 3. The topological polar surface area (TPSA) is 95.1 Å². The number of hydrogen-bond acceptors (Lipinski definition) is 5. The summed E-state index contributed by atoms with van der Waals surface area (Å²) in [7, 11) is -3.60. The van der Waals surface area contributed by atoms with Crippen molar-refractivity contribution in [1.82, 2.24) is 20.3 Å². The third-order valence-electron chi connectivity index (χ3n) is 4.65. The third kappa shape index (κ3) is 7.75. The molecule has 164 valence electrons. The summed E-state index contributed by atoms with van der Waals surface area (Å²) in [6.45, 7) is 11.6. The molecule has 0 radical (unpaired) electrons. The summed E-state index contributed by atoms with van der Waals surface area (Å²) in [5, 5.41) is 6.75. The average Bonchev–Trinajstić information content (AvgIpc) is 2.70. The van der Waals surface area contributed by atoms with Gasteiger partial charge in [0.25, 0.3) is 0 Å². The van der Waals surface area contributed by atoms with Gasteiger partial charge in [0.2, 0.25) is 10.0 Å². The van der Waals surface area contributed by atoms with Crippen LogP contribution in [0.3, 0.4) is 0 Å². The highest BCUT2D eigenvalue weighted by Crippen LogP contribution is 2.16.